The van der Waals surface area contributed by atoms with E-state index in [2.05, 4.69) is 30.5 Å². The summed E-state index contributed by atoms with van der Waals surface area (Å²) in [7, 11) is 1.65. The van der Waals surface area contributed by atoms with Gasteiger partial charge in [0.1, 0.15) is 17.4 Å². The van der Waals surface area contributed by atoms with Gasteiger partial charge in [-0.25, -0.2) is 4.98 Å². The van der Waals surface area contributed by atoms with Crippen LogP contribution >= 0.6 is 23.3 Å². The largest absolute Gasteiger partial charge is 0.497 e. The molecule has 0 spiro atoms. The highest BCUT2D eigenvalue weighted by Gasteiger charge is 2.26. The number of nitrogens with zero attached hydrogens (tertiary/aromatic N) is 7. The molecule has 3 aromatic rings. The third kappa shape index (κ3) is 6.01. The number of aromatic nitrogens is 3. The van der Waals surface area contributed by atoms with Crippen molar-refractivity contribution in [1.82, 2.24) is 19.9 Å². The molecule has 0 saturated carbocycles. The monoisotopic (exact) mass is 566 g/mol. The van der Waals surface area contributed by atoms with Crippen molar-refractivity contribution in [2.24, 2.45) is 0 Å². The van der Waals surface area contributed by atoms with Crippen LogP contribution in [0.5, 0.6) is 5.75 Å². The third-order valence-corrected chi connectivity index (χ3v) is 9.10. The zero-order valence-corrected chi connectivity index (χ0v) is 23.8. The smallest absolute Gasteiger partial charge is 0.302 e. The number of methoxy groups -OCH3 is 1. The molecule has 2 aromatic heterocycles. The lowest BCUT2D eigenvalue weighted by Gasteiger charge is -2.35. The second-order valence-electron chi connectivity index (χ2n) is 9.98. The van der Waals surface area contributed by atoms with E-state index in [0.717, 1.165) is 85.8 Å². The van der Waals surface area contributed by atoms with E-state index in [4.69, 9.17) is 14.7 Å². The number of carbonyl (C=O) groups is 1. The van der Waals surface area contributed by atoms with Crippen molar-refractivity contribution in [3.63, 3.8) is 0 Å². The average Bonchev–Trinajstić information content (AvgIpc) is 3.79. The minimum atomic E-state index is 0.00838. The van der Waals surface area contributed by atoms with Crippen molar-refractivity contribution in [3.05, 3.63) is 35.7 Å². The number of thiazole rings is 1. The van der Waals surface area contributed by atoms with Crippen molar-refractivity contribution >= 4 is 51.2 Å². The highest BCUT2D eigenvalue weighted by atomic mass is 32.2. The first-order valence-electron chi connectivity index (χ1n) is 13.6. The second kappa shape index (κ2) is 11.9. The number of ether oxygens (including phenoxy) is 1. The van der Waals surface area contributed by atoms with Crippen LogP contribution in [0.25, 0.3) is 11.3 Å². The lowest BCUT2D eigenvalue weighted by Crippen LogP contribution is -2.48. The molecule has 3 aliphatic heterocycles. The van der Waals surface area contributed by atoms with Crippen LogP contribution in [-0.2, 0) is 0 Å². The molecule has 3 fully saturated rings. The van der Waals surface area contributed by atoms with Gasteiger partial charge in [-0.3, -0.25) is 9.52 Å². The molecule has 0 unspecified atom stereocenters. The predicted octanol–water partition coefficient (Wildman–Crippen LogP) is 4.81. The van der Waals surface area contributed by atoms with Gasteiger partial charge in [-0.2, -0.15) is 9.97 Å². The average molecular weight is 567 g/mol. The summed E-state index contributed by atoms with van der Waals surface area (Å²) < 4.78 is 8.37. The number of amides is 1. The molecule has 1 aromatic carbocycles. The van der Waals surface area contributed by atoms with E-state index in [1.54, 1.807) is 7.11 Å². The number of piperazine rings is 1. The Morgan fingerprint density at radius 1 is 0.846 bits per heavy atom. The highest BCUT2D eigenvalue weighted by molar-refractivity contribution is 8.14. The minimum Gasteiger partial charge on any atom is -0.497 e. The number of hydrogen-bond donors (Lipinski definition) is 1. The maximum atomic E-state index is 12.9. The molecule has 1 amide bonds. The summed E-state index contributed by atoms with van der Waals surface area (Å²) in [6, 6.07) is 9.94. The molecule has 39 heavy (non-hydrogen) atoms. The molecule has 0 aliphatic carbocycles. The van der Waals surface area contributed by atoms with Gasteiger partial charge in [0.25, 0.3) is 0 Å². The van der Waals surface area contributed by atoms with E-state index in [1.807, 2.05) is 34.5 Å². The number of rotatable bonds is 7. The fourth-order valence-electron chi connectivity index (χ4n) is 5.22. The van der Waals surface area contributed by atoms with E-state index in [-0.39, 0.29) is 5.24 Å². The Hall–Kier alpha value is -3.25. The molecule has 12 heteroatoms. The van der Waals surface area contributed by atoms with Crippen molar-refractivity contribution in [2.45, 2.75) is 25.7 Å². The number of benzene rings is 1. The lowest BCUT2D eigenvalue weighted by molar-refractivity contribution is 0.219. The Morgan fingerprint density at radius 2 is 1.46 bits per heavy atom. The first-order chi connectivity index (χ1) is 19.2. The van der Waals surface area contributed by atoms with Gasteiger partial charge in [0.15, 0.2) is 5.13 Å². The summed E-state index contributed by atoms with van der Waals surface area (Å²) in [6.07, 6.45) is 4.83. The first kappa shape index (κ1) is 26.0. The van der Waals surface area contributed by atoms with Crippen molar-refractivity contribution < 1.29 is 9.53 Å². The quantitative estimate of drug-likeness (QED) is 0.402. The van der Waals surface area contributed by atoms with Crippen molar-refractivity contribution in [3.8, 4) is 17.0 Å². The van der Waals surface area contributed by atoms with Crippen LogP contribution < -0.4 is 24.2 Å². The maximum Gasteiger partial charge on any atom is 0.302 e. The molecule has 3 saturated heterocycles. The van der Waals surface area contributed by atoms with Crippen LogP contribution in [-0.4, -0.2) is 84.6 Å². The minimum absolute atomic E-state index is 0.00838. The zero-order chi connectivity index (χ0) is 26.6. The fraction of sp³-hybridized carbons (Fsp3) is 0.481. The predicted molar refractivity (Wildman–Crippen MR) is 159 cm³/mol. The summed E-state index contributed by atoms with van der Waals surface area (Å²) in [6.45, 7) is 6.98. The number of hydrogen-bond acceptors (Lipinski definition) is 11. The van der Waals surface area contributed by atoms with E-state index >= 15 is 0 Å². The fourth-order valence-corrected chi connectivity index (χ4v) is 6.64. The maximum absolute atomic E-state index is 12.9. The van der Waals surface area contributed by atoms with Gasteiger partial charge in [0.2, 0.25) is 5.95 Å². The van der Waals surface area contributed by atoms with E-state index < -0.39 is 0 Å². The van der Waals surface area contributed by atoms with E-state index in [9.17, 15) is 4.79 Å². The van der Waals surface area contributed by atoms with E-state index in [0.29, 0.717) is 18.2 Å². The molecule has 206 valence electrons. The highest BCUT2D eigenvalue weighted by Crippen LogP contribution is 2.30. The molecule has 10 nitrogen and oxygen atoms in total. The van der Waals surface area contributed by atoms with Crippen LogP contribution in [0.2, 0.25) is 0 Å². The molecule has 6 rings (SSSR count). The van der Waals surface area contributed by atoms with Gasteiger partial charge in [-0.15, -0.1) is 11.3 Å². The normalized spacial score (nSPS) is 17.7. The number of nitrogens with one attached hydrogen (secondary N) is 1. The summed E-state index contributed by atoms with van der Waals surface area (Å²) in [5.41, 5.74) is 1.89. The molecular formula is C27H34N8O2S2. The van der Waals surface area contributed by atoms with E-state index in [1.165, 1.54) is 37.0 Å². The second-order valence-corrected chi connectivity index (χ2v) is 11.6. The molecule has 0 radical (unpaired) electrons. The van der Waals surface area contributed by atoms with Crippen molar-refractivity contribution in [2.75, 3.05) is 78.9 Å². The number of carbonyl (C=O) groups excluding carboxylic acids is 1. The van der Waals surface area contributed by atoms with Gasteiger partial charge in [-0.05, 0) is 49.9 Å². The summed E-state index contributed by atoms with van der Waals surface area (Å²) in [5, 5.41) is 2.71. The van der Waals surface area contributed by atoms with Crippen LogP contribution in [0.4, 0.5) is 27.5 Å². The summed E-state index contributed by atoms with van der Waals surface area (Å²) >= 11 is 2.58. The molecule has 0 bridgehead atoms. The van der Waals surface area contributed by atoms with Gasteiger partial charge in [0, 0.05) is 81.3 Å². The van der Waals surface area contributed by atoms with Gasteiger partial charge in [0.05, 0.1) is 12.8 Å². The van der Waals surface area contributed by atoms with Crippen LogP contribution in [0.1, 0.15) is 25.7 Å². The van der Waals surface area contributed by atoms with Crippen molar-refractivity contribution in [1.29, 1.82) is 0 Å². The lowest BCUT2D eigenvalue weighted by atomic mass is 10.2. The Kier molecular flexibility index (Phi) is 7.91. The zero-order valence-electron chi connectivity index (χ0n) is 22.2. The first-order valence-corrected chi connectivity index (χ1v) is 15.3. The Labute approximate surface area is 237 Å². The van der Waals surface area contributed by atoms with Gasteiger partial charge < -0.3 is 24.3 Å². The Morgan fingerprint density at radius 3 is 2.10 bits per heavy atom. The number of anilines is 4. The van der Waals surface area contributed by atoms with Crippen LogP contribution in [0, 0.1) is 0 Å². The molecule has 5 heterocycles. The Bertz CT molecular complexity index is 1230. The molecule has 0 atom stereocenters. The van der Waals surface area contributed by atoms with Gasteiger partial charge in [-0.1, -0.05) is 0 Å². The summed E-state index contributed by atoms with van der Waals surface area (Å²) in [4.78, 5) is 36.4. The van der Waals surface area contributed by atoms with Crippen LogP contribution in [0.3, 0.4) is 0 Å². The van der Waals surface area contributed by atoms with Gasteiger partial charge >= 0.3 is 5.24 Å². The van der Waals surface area contributed by atoms with Crippen LogP contribution in [0.15, 0.2) is 35.7 Å². The third-order valence-electron chi connectivity index (χ3n) is 7.48. The standard InChI is InChI=1S/C27H34N8O2S2/c1-37-21-8-6-20(7-9-21)22-19-38-26(28-22)31-39-27(36)35-16-14-33(15-17-35)24-18-23(32-10-2-3-11-32)29-25(30-24)34-12-4-5-13-34/h6-9,18-19H,2-5,10-17H2,1H3,(H,28,31). The molecule has 3 aliphatic rings. The Balaban J connectivity index is 1.05. The SMILES string of the molecule is COc1ccc(-c2csc(NSC(=O)N3CCN(c4cc(N5CCCC5)nc(N5CCCC5)n4)CC3)n2)cc1. The molecular weight excluding hydrogens is 532 g/mol. The summed E-state index contributed by atoms with van der Waals surface area (Å²) in [5.74, 6) is 3.67. The molecule has 1 N–H and O–H groups in total. The topological polar surface area (TPSA) is 90.0 Å².